The van der Waals surface area contributed by atoms with Gasteiger partial charge in [-0.05, 0) is 37.3 Å². The highest BCUT2D eigenvalue weighted by molar-refractivity contribution is 6.35. The van der Waals surface area contributed by atoms with E-state index < -0.39 is 5.91 Å². The van der Waals surface area contributed by atoms with Gasteiger partial charge in [-0.3, -0.25) is 4.79 Å². The Morgan fingerprint density at radius 1 is 1.30 bits per heavy atom. The normalized spacial score (nSPS) is 10.7. The smallest absolute Gasteiger partial charge is 0.277 e. The Balaban J connectivity index is 1.87. The molecule has 0 bridgehead atoms. The van der Waals surface area contributed by atoms with Gasteiger partial charge in [-0.1, -0.05) is 34.8 Å². The Morgan fingerprint density at radius 3 is 2.83 bits per heavy atom. The van der Waals surface area contributed by atoms with Crippen LogP contribution in [0.4, 0.5) is 0 Å². The zero-order chi connectivity index (χ0) is 16.8. The largest absolute Gasteiger partial charge is 0.507 e. The number of aromatic hydroxyl groups is 1. The molecule has 0 unspecified atom stereocenters. The second-order valence-corrected chi connectivity index (χ2v) is 5.56. The molecule has 2 aromatic carbocycles. The topological polar surface area (TPSA) is 70.9 Å². The predicted octanol–water partition coefficient (Wildman–Crippen LogP) is 3.54. The number of aryl methyl sites for hydroxylation is 1. The zero-order valence-corrected chi connectivity index (χ0v) is 13.7. The maximum atomic E-state index is 11.7. The Bertz CT molecular complexity index is 748. The van der Waals surface area contributed by atoms with Gasteiger partial charge in [-0.25, -0.2) is 5.43 Å². The number of halogens is 2. The molecule has 0 aromatic heterocycles. The summed E-state index contributed by atoms with van der Waals surface area (Å²) in [4.78, 5) is 11.7. The van der Waals surface area contributed by atoms with Gasteiger partial charge in [-0.15, -0.1) is 0 Å². The van der Waals surface area contributed by atoms with Crippen LogP contribution in [0.1, 0.15) is 11.1 Å². The molecule has 2 N–H and O–H groups in total. The number of benzene rings is 2. The van der Waals surface area contributed by atoms with Gasteiger partial charge in [0.05, 0.1) is 11.2 Å². The van der Waals surface area contributed by atoms with Gasteiger partial charge in [0, 0.05) is 10.6 Å². The molecule has 0 saturated carbocycles. The molecule has 0 fully saturated rings. The van der Waals surface area contributed by atoms with Crippen LogP contribution in [0.15, 0.2) is 41.5 Å². The number of hydrazone groups is 1. The monoisotopic (exact) mass is 352 g/mol. The molecule has 7 heteroatoms. The van der Waals surface area contributed by atoms with Crippen molar-refractivity contribution in [2.45, 2.75) is 6.92 Å². The Morgan fingerprint density at radius 2 is 2.09 bits per heavy atom. The molecule has 0 saturated heterocycles. The third-order valence-electron chi connectivity index (χ3n) is 2.83. The van der Waals surface area contributed by atoms with E-state index in [9.17, 15) is 9.90 Å². The van der Waals surface area contributed by atoms with Crippen molar-refractivity contribution < 1.29 is 14.6 Å². The van der Waals surface area contributed by atoms with E-state index in [4.69, 9.17) is 27.9 Å². The maximum absolute atomic E-state index is 11.7. The van der Waals surface area contributed by atoms with E-state index >= 15 is 0 Å². The minimum Gasteiger partial charge on any atom is -0.507 e. The lowest BCUT2D eigenvalue weighted by Crippen LogP contribution is -2.24. The first-order chi connectivity index (χ1) is 11.0. The number of ether oxygens (including phenoxy) is 1. The number of nitrogens with zero attached hydrogens (tertiary/aromatic N) is 1. The lowest BCUT2D eigenvalue weighted by molar-refractivity contribution is -0.123. The number of carbonyl (C=O) groups is 1. The van der Waals surface area contributed by atoms with Gasteiger partial charge >= 0.3 is 0 Å². The number of phenolic OH excluding ortho intramolecular Hbond substituents is 1. The van der Waals surface area contributed by atoms with Crippen molar-refractivity contribution in [2.75, 3.05) is 6.61 Å². The molecule has 0 aliphatic carbocycles. The van der Waals surface area contributed by atoms with Crippen molar-refractivity contribution in [3.8, 4) is 11.5 Å². The summed E-state index contributed by atoms with van der Waals surface area (Å²) >= 11 is 11.7. The van der Waals surface area contributed by atoms with Crippen LogP contribution in [0.5, 0.6) is 11.5 Å². The summed E-state index contributed by atoms with van der Waals surface area (Å²) in [6.45, 7) is 1.64. The molecule has 0 spiro atoms. The van der Waals surface area contributed by atoms with Crippen LogP contribution < -0.4 is 10.2 Å². The van der Waals surface area contributed by atoms with Crippen LogP contribution >= 0.6 is 23.2 Å². The minimum absolute atomic E-state index is 0.0813. The Labute approximate surface area is 143 Å². The lowest BCUT2D eigenvalue weighted by Gasteiger charge is -2.07. The fraction of sp³-hybridized carbons (Fsp3) is 0.125. The van der Waals surface area contributed by atoms with Gasteiger partial charge in [0.2, 0.25) is 0 Å². The van der Waals surface area contributed by atoms with Crippen LogP contribution in [0, 0.1) is 6.92 Å². The summed E-state index contributed by atoms with van der Waals surface area (Å²) in [6.07, 6.45) is 1.36. The molecular formula is C16H14Cl2N2O3. The Kier molecular flexibility index (Phi) is 5.84. The zero-order valence-electron chi connectivity index (χ0n) is 12.2. The maximum Gasteiger partial charge on any atom is 0.277 e. The summed E-state index contributed by atoms with van der Waals surface area (Å²) in [5.74, 6) is -0.0243. The Hall–Kier alpha value is -2.24. The fourth-order valence-corrected chi connectivity index (χ4v) is 2.18. The average Bonchev–Trinajstić information content (AvgIpc) is 2.50. The molecule has 2 rings (SSSR count). The summed E-state index contributed by atoms with van der Waals surface area (Å²) < 4.78 is 5.27. The molecule has 23 heavy (non-hydrogen) atoms. The van der Waals surface area contributed by atoms with Crippen LogP contribution in [0.2, 0.25) is 10.0 Å². The van der Waals surface area contributed by atoms with E-state index in [1.807, 2.05) is 6.92 Å². The van der Waals surface area contributed by atoms with E-state index in [0.717, 1.165) is 5.56 Å². The highest BCUT2D eigenvalue weighted by atomic mass is 35.5. The molecular weight excluding hydrogens is 339 g/mol. The van der Waals surface area contributed by atoms with Gasteiger partial charge in [0.1, 0.15) is 11.5 Å². The van der Waals surface area contributed by atoms with E-state index in [1.54, 1.807) is 30.3 Å². The van der Waals surface area contributed by atoms with Gasteiger partial charge in [0.15, 0.2) is 6.61 Å². The van der Waals surface area contributed by atoms with Crippen molar-refractivity contribution in [2.24, 2.45) is 5.10 Å². The van der Waals surface area contributed by atoms with Crippen molar-refractivity contribution in [1.29, 1.82) is 0 Å². The van der Waals surface area contributed by atoms with Crippen molar-refractivity contribution in [3.05, 3.63) is 57.6 Å². The SMILES string of the molecule is Cc1ccc(O)c(C=NNC(=O)COc2ccc(Cl)cc2Cl)c1. The molecule has 0 atom stereocenters. The van der Waals surface area contributed by atoms with E-state index in [0.29, 0.717) is 21.4 Å². The number of amides is 1. The molecule has 5 nitrogen and oxygen atoms in total. The second-order valence-electron chi connectivity index (χ2n) is 4.72. The number of carbonyl (C=O) groups excluding carboxylic acids is 1. The number of hydrogen-bond donors (Lipinski definition) is 2. The number of phenols is 1. The fourth-order valence-electron chi connectivity index (χ4n) is 1.72. The molecule has 0 aliphatic rings. The van der Waals surface area contributed by atoms with Crippen molar-refractivity contribution in [3.63, 3.8) is 0 Å². The predicted molar refractivity (Wildman–Crippen MR) is 90.5 cm³/mol. The minimum atomic E-state index is -0.459. The lowest BCUT2D eigenvalue weighted by atomic mass is 10.1. The summed E-state index contributed by atoms with van der Waals surface area (Å²) in [7, 11) is 0. The van der Waals surface area contributed by atoms with Gasteiger partial charge in [-0.2, -0.15) is 5.10 Å². The second kappa shape index (κ2) is 7.85. The standard InChI is InChI=1S/C16H14Cl2N2O3/c1-10-2-4-14(21)11(6-10)8-19-20-16(22)9-23-15-5-3-12(17)7-13(15)18/h2-8,21H,9H2,1H3,(H,20,22). The van der Waals surface area contributed by atoms with Crippen molar-refractivity contribution >= 4 is 35.3 Å². The quantitative estimate of drug-likeness (QED) is 0.638. The third kappa shape index (κ3) is 5.16. The summed E-state index contributed by atoms with van der Waals surface area (Å²) in [5, 5.41) is 14.2. The van der Waals surface area contributed by atoms with Crippen LogP contribution in [-0.4, -0.2) is 23.8 Å². The molecule has 1 amide bonds. The molecule has 0 radical (unpaired) electrons. The van der Waals surface area contributed by atoms with E-state index in [2.05, 4.69) is 10.5 Å². The highest BCUT2D eigenvalue weighted by Gasteiger charge is 2.06. The van der Waals surface area contributed by atoms with Crippen molar-refractivity contribution in [1.82, 2.24) is 5.43 Å². The highest BCUT2D eigenvalue weighted by Crippen LogP contribution is 2.27. The van der Waals surface area contributed by atoms with Crippen LogP contribution in [-0.2, 0) is 4.79 Å². The molecule has 120 valence electrons. The third-order valence-corrected chi connectivity index (χ3v) is 3.36. The van der Waals surface area contributed by atoms with E-state index in [1.165, 1.54) is 12.3 Å². The first kappa shape index (κ1) is 17.1. The van der Waals surface area contributed by atoms with Gasteiger partial charge in [0.25, 0.3) is 5.91 Å². The van der Waals surface area contributed by atoms with Crippen LogP contribution in [0.3, 0.4) is 0 Å². The molecule has 2 aromatic rings. The number of rotatable bonds is 5. The number of hydrogen-bond acceptors (Lipinski definition) is 4. The van der Waals surface area contributed by atoms with Gasteiger partial charge < -0.3 is 9.84 Å². The van der Waals surface area contributed by atoms with E-state index in [-0.39, 0.29) is 12.4 Å². The summed E-state index contributed by atoms with van der Waals surface area (Å²) in [5.41, 5.74) is 3.78. The summed E-state index contributed by atoms with van der Waals surface area (Å²) in [6, 6.07) is 9.79. The molecule has 0 heterocycles. The first-order valence-corrected chi connectivity index (χ1v) is 7.40. The first-order valence-electron chi connectivity index (χ1n) is 6.65. The van der Waals surface area contributed by atoms with Crippen LogP contribution in [0.25, 0.3) is 0 Å². The number of nitrogens with one attached hydrogen (secondary N) is 1. The average molecular weight is 353 g/mol. The molecule has 0 aliphatic heterocycles.